The van der Waals surface area contributed by atoms with E-state index in [1.54, 1.807) is 30.4 Å². The Morgan fingerprint density at radius 3 is 2.29 bits per heavy atom. The van der Waals surface area contributed by atoms with Crippen LogP contribution >= 0.6 is 0 Å². The molecule has 5 rings (SSSR count). The van der Waals surface area contributed by atoms with E-state index in [-0.39, 0.29) is 17.6 Å². The monoisotopic (exact) mass is 418 g/mol. The highest BCUT2D eigenvalue weighted by Crippen LogP contribution is 2.23. The van der Waals surface area contributed by atoms with Crippen molar-refractivity contribution >= 4 is 17.8 Å². The van der Waals surface area contributed by atoms with Crippen LogP contribution in [0.5, 0.6) is 0 Å². The van der Waals surface area contributed by atoms with E-state index < -0.39 is 12.1 Å². The smallest absolute Gasteiger partial charge is 0.322 e. The van der Waals surface area contributed by atoms with Gasteiger partial charge in [-0.05, 0) is 46.5 Å². The van der Waals surface area contributed by atoms with Crippen molar-refractivity contribution in [3.8, 4) is 11.1 Å². The van der Waals surface area contributed by atoms with Gasteiger partial charge in [0.15, 0.2) is 0 Å². The first-order chi connectivity index (χ1) is 14.9. The quantitative estimate of drug-likeness (QED) is 0.626. The van der Waals surface area contributed by atoms with E-state index >= 15 is 0 Å². The van der Waals surface area contributed by atoms with Crippen LogP contribution in [0.2, 0.25) is 0 Å². The Balaban J connectivity index is 0.000000166. The average molecular weight is 418 g/mol. The van der Waals surface area contributed by atoms with E-state index in [4.69, 9.17) is 0 Å². The molecule has 3 heterocycles. The largest absolute Gasteiger partial charge is 0.337 e. The number of carbonyl (C=O) groups excluding carboxylic acids is 3. The molecule has 3 aromatic rings. The van der Waals surface area contributed by atoms with Crippen molar-refractivity contribution in [3.05, 3.63) is 89.5 Å². The van der Waals surface area contributed by atoms with Gasteiger partial charge in [0.25, 0.3) is 11.8 Å². The van der Waals surface area contributed by atoms with Crippen LogP contribution in [0.15, 0.2) is 67.0 Å². The SMILES string of the molecule is CN1Cc2ccc(F)cc2C1=O.O=C1NC(=O)C(c2ccc(-c3ccncc3)cc2)N1. The lowest BCUT2D eigenvalue weighted by Gasteiger charge is -2.08. The van der Waals surface area contributed by atoms with Gasteiger partial charge in [0.2, 0.25) is 0 Å². The third kappa shape index (κ3) is 4.28. The molecule has 2 aromatic carbocycles. The zero-order valence-electron chi connectivity index (χ0n) is 16.6. The third-order valence-corrected chi connectivity index (χ3v) is 5.09. The second kappa shape index (κ2) is 8.35. The van der Waals surface area contributed by atoms with Gasteiger partial charge in [0.1, 0.15) is 11.9 Å². The first kappa shape index (κ1) is 20.2. The van der Waals surface area contributed by atoms with E-state index in [0.29, 0.717) is 12.1 Å². The molecule has 8 heteroatoms. The van der Waals surface area contributed by atoms with E-state index in [1.807, 2.05) is 36.4 Å². The highest BCUT2D eigenvalue weighted by atomic mass is 19.1. The lowest BCUT2D eigenvalue weighted by Crippen LogP contribution is -2.22. The van der Waals surface area contributed by atoms with Gasteiger partial charge in [-0.15, -0.1) is 0 Å². The molecule has 0 aliphatic carbocycles. The summed E-state index contributed by atoms with van der Waals surface area (Å²) in [5, 5.41) is 4.78. The topological polar surface area (TPSA) is 91.4 Å². The zero-order chi connectivity index (χ0) is 22.0. The summed E-state index contributed by atoms with van der Waals surface area (Å²) in [6, 6.07) is 14.6. The summed E-state index contributed by atoms with van der Waals surface area (Å²) in [6.45, 7) is 0.592. The average Bonchev–Trinajstić information content (AvgIpc) is 3.27. The molecular formula is C23H19FN4O3. The molecule has 1 saturated heterocycles. The molecule has 2 aliphatic rings. The second-order valence-corrected chi connectivity index (χ2v) is 7.22. The number of fused-ring (bicyclic) bond motifs is 1. The summed E-state index contributed by atoms with van der Waals surface area (Å²) in [4.78, 5) is 39.5. The van der Waals surface area contributed by atoms with Crippen LogP contribution in [0.3, 0.4) is 0 Å². The summed E-state index contributed by atoms with van der Waals surface area (Å²) in [5.74, 6) is -0.761. The molecule has 0 saturated carbocycles. The Hall–Kier alpha value is -4.07. The summed E-state index contributed by atoms with van der Waals surface area (Å²) in [5.41, 5.74) is 4.26. The maximum absolute atomic E-state index is 12.7. The van der Waals surface area contributed by atoms with Gasteiger partial charge in [0, 0.05) is 31.5 Å². The number of rotatable bonds is 2. The summed E-state index contributed by atoms with van der Waals surface area (Å²) in [6.07, 6.45) is 3.46. The van der Waals surface area contributed by atoms with Crippen LogP contribution in [0, 0.1) is 5.82 Å². The fourth-order valence-electron chi connectivity index (χ4n) is 3.48. The summed E-state index contributed by atoms with van der Waals surface area (Å²) in [7, 11) is 1.71. The number of aromatic nitrogens is 1. The van der Waals surface area contributed by atoms with Crippen molar-refractivity contribution in [2.75, 3.05) is 7.05 Å². The molecule has 31 heavy (non-hydrogen) atoms. The van der Waals surface area contributed by atoms with Crippen molar-refractivity contribution in [3.63, 3.8) is 0 Å². The number of hydrogen-bond donors (Lipinski definition) is 2. The molecule has 4 amide bonds. The molecule has 0 spiro atoms. The predicted molar refractivity (Wildman–Crippen MR) is 111 cm³/mol. The number of halogens is 1. The Kier molecular flexibility index (Phi) is 5.44. The molecule has 1 fully saturated rings. The Morgan fingerprint density at radius 1 is 0.968 bits per heavy atom. The van der Waals surface area contributed by atoms with E-state index in [0.717, 1.165) is 22.3 Å². The van der Waals surface area contributed by atoms with Gasteiger partial charge in [-0.3, -0.25) is 19.9 Å². The van der Waals surface area contributed by atoms with Crippen molar-refractivity contribution < 1.29 is 18.8 Å². The fourth-order valence-corrected chi connectivity index (χ4v) is 3.48. The maximum Gasteiger partial charge on any atom is 0.322 e. The minimum Gasteiger partial charge on any atom is -0.337 e. The van der Waals surface area contributed by atoms with Gasteiger partial charge in [0.05, 0.1) is 0 Å². The van der Waals surface area contributed by atoms with Crippen LogP contribution in [0.25, 0.3) is 11.1 Å². The number of pyridine rings is 1. The van der Waals surface area contributed by atoms with Crippen LogP contribution in [0.4, 0.5) is 9.18 Å². The molecule has 1 atom stereocenters. The minimum atomic E-state index is -0.598. The number of hydrogen-bond acceptors (Lipinski definition) is 4. The first-order valence-electron chi connectivity index (χ1n) is 9.58. The van der Waals surface area contributed by atoms with Gasteiger partial charge in [-0.1, -0.05) is 30.3 Å². The van der Waals surface area contributed by atoms with Crippen molar-refractivity contribution in [2.24, 2.45) is 0 Å². The number of nitrogens with one attached hydrogen (secondary N) is 2. The molecule has 1 aromatic heterocycles. The highest BCUT2D eigenvalue weighted by molar-refractivity contribution is 6.04. The highest BCUT2D eigenvalue weighted by Gasteiger charge is 2.30. The van der Waals surface area contributed by atoms with Gasteiger partial charge in [-0.2, -0.15) is 0 Å². The van der Waals surface area contributed by atoms with Crippen LogP contribution in [0.1, 0.15) is 27.5 Å². The number of amides is 4. The Labute approximate surface area is 177 Å². The fraction of sp³-hybridized carbons (Fsp3) is 0.130. The van der Waals surface area contributed by atoms with Gasteiger partial charge >= 0.3 is 6.03 Å². The maximum atomic E-state index is 12.7. The summed E-state index contributed by atoms with van der Waals surface area (Å²) < 4.78 is 12.7. The zero-order valence-corrected chi connectivity index (χ0v) is 16.6. The lowest BCUT2D eigenvalue weighted by molar-refractivity contribution is -0.120. The molecule has 0 radical (unpaired) electrons. The molecular weight excluding hydrogens is 399 g/mol. The second-order valence-electron chi connectivity index (χ2n) is 7.22. The van der Waals surface area contributed by atoms with Gasteiger partial charge in [-0.25, -0.2) is 9.18 Å². The molecule has 2 N–H and O–H groups in total. The van der Waals surface area contributed by atoms with Crippen molar-refractivity contribution in [1.82, 2.24) is 20.5 Å². The summed E-state index contributed by atoms with van der Waals surface area (Å²) >= 11 is 0. The van der Waals surface area contributed by atoms with Crippen molar-refractivity contribution in [2.45, 2.75) is 12.6 Å². The number of urea groups is 1. The third-order valence-electron chi connectivity index (χ3n) is 5.09. The lowest BCUT2D eigenvalue weighted by atomic mass is 10.0. The molecule has 1 unspecified atom stereocenters. The Morgan fingerprint density at radius 2 is 1.65 bits per heavy atom. The van der Waals surface area contributed by atoms with E-state index in [1.165, 1.54) is 12.1 Å². The van der Waals surface area contributed by atoms with E-state index in [9.17, 15) is 18.8 Å². The molecule has 156 valence electrons. The number of carbonyl (C=O) groups is 3. The van der Waals surface area contributed by atoms with Crippen LogP contribution < -0.4 is 10.6 Å². The predicted octanol–water partition coefficient (Wildman–Crippen LogP) is 3.04. The molecule has 2 aliphatic heterocycles. The number of nitrogens with zero attached hydrogens (tertiary/aromatic N) is 2. The molecule has 0 bridgehead atoms. The molecule has 7 nitrogen and oxygen atoms in total. The first-order valence-corrected chi connectivity index (χ1v) is 9.58. The van der Waals surface area contributed by atoms with Crippen molar-refractivity contribution in [1.29, 1.82) is 0 Å². The Bertz CT molecular complexity index is 1150. The normalized spacial score (nSPS) is 16.9. The van der Waals surface area contributed by atoms with Gasteiger partial charge < -0.3 is 10.2 Å². The standard InChI is InChI=1S/C14H11N3O2.C9H8FNO/c18-13-12(16-14(19)17-13)11-3-1-9(2-4-11)10-5-7-15-8-6-10;1-11-5-6-2-3-7(10)4-8(6)9(11)12/h1-8,12H,(H2,16,17,18,19);2-4H,5H2,1H3. The van der Waals surface area contributed by atoms with Crippen LogP contribution in [-0.2, 0) is 11.3 Å². The van der Waals surface area contributed by atoms with E-state index in [2.05, 4.69) is 15.6 Å². The number of benzene rings is 2. The number of imide groups is 1. The minimum absolute atomic E-state index is 0.0931. The van der Waals surface area contributed by atoms with Crippen LogP contribution in [-0.4, -0.2) is 34.8 Å².